The van der Waals surface area contributed by atoms with Gasteiger partial charge in [0, 0.05) is 0 Å². The zero-order valence-electron chi connectivity index (χ0n) is 8.94. The van der Waals surface area contributed by atoms with Crippen LogP contribution in [-0.4, -0.2) is 22.9 Å². The standard InChI is InChI=1S/C11H12F3NO2/c12-10(13)11(14)17-7-4-6-2-1-3-8(16)9(6)15-5-7/h4-5,8,10-11,16H,1-3H2. The third-order valence-electron chi connectivity index (χ3n) is 2.66. The van der Waals surface area contributed by atoms with Crippen molar-refractivity contribution in [2.24, 2.45) is 0 Å². The predicted molar refractivity (Wildman–Crippen MR) is 53.7 cm³/mol. The number of ether oxygens (including phenoxy) is 1. The molecule has 1 aliphatic rings. The van der Waals surface area contributed by atoms with Crippen LogP contribution in [0.25, 0.3) is 0 Å². The molecule has 0 spiro atoms. The molecule has 0 saturated heterocycles. The van der Waals surface area contributed by atoms with Crippen molar-refractivity contribution < 1.29 is 23.0 Å². The fraction of sp³-hybridized carbons (Fsp3) is 0.545. The first-order chi connectivity index (χ1) is 8.08. The molecule has 1 heterocycles. The summed E-state index contributed by atoms with van der Waals surface area (Å²) in [5.74, 6) is -0.0364. The molecule has 17 heavy (non-hydrogen) atoms. The zero-order chi connectivity index (χ0) is 12.4. The highest BCUT2D eigenvalue weighted by molar-refractivity contribution is 5.32. The number of aliphatic hydroxyl groups excluding tert-OH is 1. The van der Waals surface area contributed by atoms with Gasteiger partial charge in [-0.2, -0.15) is 4.39 Å². The lowest BCUT2D eigenvalue weighted by atomic mass is 9.94. The molecule has 1 N–H and O–H groups in total. The molecule has 3 nitrogen and oxygen atoms in total. The topological polar surface area (TPSA) is 42.4 Å². The van der Waals surface area contributed by atoms with Crippen molar-refractivity contribution in [2.75, 3.05) is 0 Å². The molecule has 1 aliphatic carbocycles. The second-order valence-corrected chi connectivity index (χ2v) is 3.93. The monoisotopic (exact) mass is 247 g/mol. The van der Waals surface area contributed by atoms with E-state index in [0.717, 1.165) is 18.2 Å². The summed E-state index contributed by atoms with van der Waals surface area (Å²) in [6, 6.07) is 1.46. The molecule has 2 atom stereocenters. The Morgan fingerprint density at radius 1 is 1.41 bits per heavy atom. The summed E-state index contributed by atoms with van der Waals surface area (Å²) in [6.07, 6.45) is -3.22. The molecule has 0 radical (unpaired) electrons. The SMILES string of the molecule is OC1CCCc2cc(OC(F)C(F)F)cnc21. The summed E-state index contributed by atoms with van der Waals surface area (Å²) >= 11 is 0. The largest absolute Gasteiger partial charge is 0.453 e. The van der Waals surface area contributed by atoms with Crippen LogP contribution in [0.5, 0.6) is 5.75 Å². The van der Waals surface area contributed by atoms with Crippen molar-refractivity contribution in [3.8, 4) is 5.75 Å². The fourth-order valence-corrected chi connectivity index (χ4v) is 1.87. The summed E-state index contributed by atoms with van der Waals surface area (Å²) in [5.41, 5.74) is 1.25. The molecule has 0 fully saturated rings. The Hall–Kier alpha value is -1.30. The number of hydrogen-bond donors (Lipinski definition) is 1. The molecule has 0 saturated carbocycles. The number of rotatable bonds is 3. The molecule has 94 valence electrons. The number of nitrogens with zero attached hydrogens (tertiary/aromatic N) is 1. The zero-order valence-corrected chi connectivity index (χ0v) is 8.94. The van der Waals surface area contributed by atoms with Crippen LogP contribution in [0.4, 0.5) is 13.2 Å². The third kappa shape index (κ3) is 2.69. The molecule has 0 bridgehead atoms. The maximum atomic E-state index is 12.7. The van der Waals surface area contributed by atoms with E-state index in [-0.39, 0.29) is 5.75 Å². The van der Waals surface area contributed by atoms with Crippen LogP contribution in [0.15, 0.2) is 12.3 Å². The number of fused-ring (bicyclic) bond motifs is 1. The van der Waals surface area contributed by atoms with E-state index in [1.807, 2.05) is 0 Å². The van der Waals surface area contributed by atoms with Gasteiger partial charge in [-0.15, -0.1) is 0 Å². The molecule has 0 aliphatic heterocycles. The lowest BCUT2D eigenvalue weighted by Gasteiger charge is -2.21. The Labute approximate surface area is 96.2 Å². The molecular formula is C11H12F3NO2. The highest BCUT2D eigenvalue weighted by Crippen LogP contribution is 2.30. The smallest absolute Gasteiger partial charge is 0.304 e. The van der Waals surface area contributed by atoms with Crippen LogP contribution in [0.1, 0.15) is 30.2 Å². The van der Waals surface area contributed by atoms with Crippen LogP contribution in [0.2, 0.25) is 0 Å². The van der Waals surface area contributed by atoms with Gasteiger partial charge in [0.25, 0.3) is 6.36 Å². The van der Waals surface area contributed by atoms with E-state index in [9.17, 15) is 18.3 Å². The van der Waals surface area contributed by atoms with Crippen LogP contribution in [0, 0.1) is 0 Å². The van der Waals surface area contributed by atoms with Crippen LogP contribution in [-0.2, 0) is 6.42 Å². The van der Waals surface area contributed by atoms with Crippen molar-refractivity contribution in [2.45, 2.75) is 38.1 Å². The number of alkyl halides is 3. The first-order valence-corrected chi connectivity index (χ1v) is 5.33. The van der Waals surface area contributed by atoms with Gasteiger partial charge < -0.3 is 9.84 Å². The fourth-order valence-electron chi connectivity index (χ4n) is 1.87. The van der Waals surface area contributed by atoms with Gasteiger partial charge in [-0.3, -0.25) is 4.98 Å². The van der Waals surface area contributed by atoms with Crippen molar-refractivity contribution >= 4 is 0 Å². The first kappa shape index (κ1) is 12.2. The first-order valence-electron chi connectivity index (χ1n) is 5.33. The number of aliphatic hydroxyl groups is 1. The predicted octanol–water partition coefficient (Wildman–Crippen LogP) is 2.39. The lowest BCUT2D eigenvalue weighted by molar-refractivity contribution is -0.0671. The number of aryl methyl sites for hydroxylation is 1. The minimum atomic E-state index is -3.18. The van der Waals surface area contributed by atoms with E-state index in [4.69, 9.17) is 0 Å². The van der Waals surface area contributed by atoms with Crippen LogP contribution < -0.4 is 4.74 Å². The number of pyridine rings is 1. The molecule has 2 rings (SSSR count). The van der Waals surface area contributed by atoms with E-state index < -0.39 is 18.9 Å². The number of hydrogen-bond acceptors (Lipinski definition) is 3. The second-order valence-electron chi connectivity index (χ2n) is 3.93. The molecule has 1 aromatic rings. The van der Waals surface area contributed by atoms with Gasteiger partial charge in [0.1, 0.15) is 5.75 Å². The van der Waals surface area contributed by atoms with E-state index >= 15 is 0 Å². The van der Waals surface area contributed by atoms with Gasteiger partial charge in [0.05, 0.1) is 18.0 Å². The van der Waals surface area contributed by atoms with Gasteiger partial charge in [-0.05, 0) is 30.9 Å². The maximum absolute atomic E-state index is 12.7. The maximum Gasteiger partial charge on any atom is 0.304 e. The molecular weight excluding hydrogens is 235 g/mol. The Morgan fingerprint density at radius 2 is 2.18 bits per heavy atom. The average Bonchev–Trinajstić information content (AvgIpc) is 2.29. The minimum Gasteiger partial charge on any atom is -0.453 e. The van der Waals surface area contributed by atoms with Crippen molar-refractivity contribution in [1.29, 1.82) is 0 Å². The average molecular weight is 247 g/mol. The van der Waals surface area contributed by atoms with Gasteiger partial charge in [-0.25, -0.2) is 8.78 Å². The normalized spacial score (nSPS) is 21.1. The summed E-state index contributed by atoms with van der Waals surface area (Å²) in [4.78, 5) is 3.93. The highest BCUT2D eigenvalue weighted by atomic mass is 19.3. The molecule has 0 aromatic carbocycles. The lowest BCUT2D eigenvalue weighted by Crippen LogP contribution is -2.20. The van der Waals surface area contributed by atoms with Gasteiger partial charge in [0.15, 0.2) is 0 Å². The van der Waals surface area contributed by atoms with Crippen molar-refractivity contribution in [1.82, 2.24) is 4.98 Å². The molecule has 1 aromatic heterocycles. The Balaban J connectivity index is 2.16. The summed E-state index contributed by atoms with van der Waals surface area (Å²) in [6.45, 7) is 0. The second kappa shape index (κ2) is 4.91. The Morgan fingerprint density at radius 3 is 2.88 bits per heavy atom. The summed E-state index contributed by atoms with van der Waals surface area (Å²) < 4.78 is 41.0. The van der Waals surface area contributed by atoms with Crippen LogP contribution >= 0.6 is 0 Å². The van der Waals surface area contributed by atoms with Crippen molar-refractivity contribution in [3.05, 3.63) is 23.5 Å². The van der Waals surface area contributed by atoms with E-state index in [2.05, 4.69) is 9.72 Å². The minimum absolute atomic E-state index is 0.0364. The van der Waals surface area contributed by atoms with Gasteiger partial charge in [-0.1, -0.05) is 0 Å². The van der Waals surface area contributed by atoms with Crippen LogP contribution in [0.3, 0.4) is 0 Å². The summed E-state index contributed by atoms with van der Waals surface area (Å²) in [7, 11) is 0. The molecule has 2 unspecified atom stereocenters. The Kier molecular flexibility index (Phi) is 3.51. The van der Waals surface area contributed by atoms with Gasteiger partial charge >= 0.3 is 6.43 Å². The Bertz CT molecular complexity index is 400. The van der Waals surface area contributed by atoms with E-state index in [1.165, 1.54) is 6.07 Å². The number of aromatic nitrogens is 1. The van der Waals surface area contributed by atoms with Crippen molar-refractivity contribution in [3.63, 3.8) is 0 Å². The van der Waals surface area contributed by atoms with Gasteiger partial charge in [0.2, 0.25) is 0 Å². The highest BCUT2D eigenvalue weighted by Gasteiger charge is 2.23. The third-order valence-corrected chi connectivity index (χ3v) is 2.66. The molecule has 6 heteroatoms. The summed E-state index contributed by atoms with van der Waals surface area (Å²) in [5, 5.41) is 9.62. The molecule has 0 amide bonds. The van der Waals surface area contributed by atoms with E-state index in [0.29, 0.717) is 18.5 Å². The quantitative estimate of drug-likeness (QED) is 0.891. The number of halogens is 3. The van der Waals surface area contributed by atoms with E-state index in [1.54, 1.807) is 0 Å².